The quantitative estimate of drug-likeness (QED) is 0.570. The first-order valence-corrected chi connectivity index (χ1v) is 9.25. The van der Waals surface area contributed by atoms with Crippen molar-refractivity contribution in [2.45, 2.75) is 32.7 Å². The summed E-state index contributed by atoms with van der Waals surface area (Å²) >= 11 is 11.7. The monoisotopic (exact) mass is 407 g/mol. The van der Waals surface area contributed by atoms with Crippen molar-refractivity contribution in [2.75, 3.05) is 11.9 Å². The number of anilines is 1. The van der Waals surface area contributed by atoms with Crippen LogP contribution >= 0.6 is 23.2 Å². The number of halogens is 2. The maximum absolute atomic E-state index is 11.9. The number of hydrogen-bond acceptors (Lipinski definition) is 4. The van der Waals surface area contributed by atoms with Crippen molar-refractivity contribution in [3.05, 3.63) is 51.4 Å². The van der Waals surface area contributed by atoms with E-state index in [1.165, 1.54) is 36.9 Å². The smallest absolute Gasteiger partial charge is 0.331 e. The van der Waals surface area contributed by atoms with Gasteiger partial charge >= 0.3 is 5.97 Å². The van der Waals surface area contributed by atoms with Crippen molar-refractivity contribution in [2.24, 2.45) is 0 Å². The van der Waals surface area contributed by atoms with E-state index in [2.05, 4.69) is 21.8 Å². The van der Waals surface area contributed by atoms with E-state index in [0.29, 0.717) is 11.1 Å². The summed E-state index contributed by atoms with van der Waals surface area (Å²) in [7, 11) is 0. The molecule has 0 radical (unpaired) electrons. The van der Waals surface area contributed by atoms with E-state index in [4.69, 9.17) is 27.9 Å². The Morgan fingerprint density at radius 1 is 1.33 bits per heavy atom. The van der Waals surface area contributed by atoms with Gasteiger partial charge in [0.1, 0.15) is 0 Å². The highest BCUT2D eigenvalue weighted by Gasteiger charge is 2.26. The number of carbonyl (C=O) groups excluding carboxylic acids is 2. The van der Waals surface area contributed by atoms with Gasteiger partial charge in [0, 0.05) is 29.7 Å². The van der Waals surface area contributed by atoms with Crippen LogP contribution in [-0.4, -0.2) is 28.0 Å². The number of nitrogens with zero attached hydrogens (tertiary/aromatic N) is 2. The third-order valence-corrected chi connectivity index (χ3v) is 4.74. The second-order valence-electron chi connectivity index (χ2n) is 6.40. The van der Waals surface area contributed by atoms with E-state index in [9.17, 15) is 9.59 Å². The Balaban J connectivity index is 1.53. The molecule has 1 amide bonds. The van der Waals surface area contributed by atoms with Crippen molar-refractivity contribution in [1.82, 2.24) is 9.55 Å². The van der Waals surface area contributed by atoms with Gasteiger partial charge in [-0.25, -0.2) is 9.78 Å². The summed E-state index contributed by atoms with van der Waals surface area (Å²) in [6.07, 6.45) is 6.78. The number of rotatable bonds is 6. The number of amides is 1. The molecule has 2 aromatic heterocycles. The van der Waals surface area contributed by atoms with Crippen molar-refractivity contribution in [3.8, 4) is 0 Å². The molecule has 0 bridgehead atoms. The molecule has 1 saturated carbocycles. The van der Waals surface area contributed by atoms with Gasteiger partial charge in [0.15, 0.2) is 12.4 Å². The molecule has 0 aromatic carbocycles. The molecule has 0 spiro atoms. The van der Waals surface area contributed by atoms with Crippen LogP contribution in [0.15, 0.2) is 24.4 Å². The standard InChI is InChI=1S/C19H19Cl2N3O3/c1-11-7-13(12(2)24(11)15-4-5-15)3-6-18(26)27-10-17(25)23-19-16(21)8-14(20)9-22-19/h3,6-9,15H,4-5,10H2,1-2H3,(H,22,23,25)/b6-3+. The first kappa shape index (κ1) is 19.5. The van der Waals surface area contributed by atoms with Crippen LogP contribution in [0, 0.1) is 13.8 Å². The minimum atomic E-state index is -0.600. The molecule has 0 aliphatic heterocycles. The summed E-state index contributed by atoms with van der Waals surface area (Å²) < 4.78 is 7.25. The topological polar surface area (TPSA) is 73.2 Å². The number of hydrogen-bond donors (Lipinski definition) is 1. The lowest BCUT2D eigenvalue weighted by Crippen LogP contribution is -2.20. The molecule has 0 unspecified atom stereocenters. The predicted molar refractivity (Wildman–Crippen MR) is 105 cm³/mol. The molecule has 2 aromatic rings. The summed E-state index contributed by atoms with van der Waals surface area (Å²) in [5.74, 6) is -0.984. The van der Waals surface area contributed by atoms with Crippen LogP contribution in [0.25, 0.3) is 6.08 Å². The van der Waals surface area contributed by atoms with Crippen molar-refractivity contribution >= 4 is 47.0 Å². The lowest BCUT2D eigenvalue weighted by Gasteiger charge is -2.07. The molecule has 3 rings (SSSR count). The van der Waals surface area contributed by atoms with Gasteiger partial charge in [0.05, 0.1) is 10.0 Å². The van der Waals surface area contributed by atoms with Gasteiger partial charge in [0.2, 0.25) is 0 Å². The Morgan fingerprint density at radius 3 is 2.74 bits per heavy atom. The Morgan fingerprint density at radius 2 is 2.07 bits per heavy atom. The number of carbonyl (C=O) groups is 2. The first-order valence-electron chi connectivity index (χ1n) is 8.49. The molecule has 1 N–H and O–H groups in total. The van der Waals surface area contributed by atoms with Crippen LogP contribution < -0.4 is 5.32 Å². The lowest BCUT2D eigenvalue weighted by atomic mass is 10.2. The Kier molecular flexibility index (Phi) is 5.87. The fraction of sp³-hybridized carbons (Fsp3) is 0.316. The van der Waals surface area contributed by atoms with Gasteiger partial charge in [-0.15, -0.1) is 0 Å². The number of aryl methyl sites for hydroxylation is 1. The van der Waals surface area contributed by atoms with Gasteiger partial charge in [-0.3, -0.25) is 4.79 Å². The molecule has 6 nitrogen and oxygen atoms in total. The van der Waals surface area contributed by atoms with Crippen LogP contribution in [0.5, 0.6) is 0 Å². The zero-order valence-electron chi connectivity index (χ0n) is 15.0. The van der Waals surface area contributed by atoms with E-state index < -0.39 is 18.5 Å². The van der Waals surface area contributed by atoms with Gasteiger partial charge in [0.25, 0.3) is 5.91 Å². The molecular weight excluding hydrogens is 389 g/mol. The summed E-state index contributed by atoms with van der Waals surface area (Å²) in [6, 6.07) is 4.08. The highest BCUT2D eigenvalue weighted by Crippen LogP contribution is 2.38. The van der Waals surface area contributed by atoms with Crippen LogP contribution in [0.2, 0.25) is 10.0 Å². The number of aromatic nitrogens is 2. The highest BCUT2D eigenvalue weighted by atomic mass is 35.5. The summed E-state index contributed by atoms with van der Waals surface area (Å²) in [6.45, 7) is 3.65. The van der Waals surface area contributed by atoms with Gasteiger partial charge in [-0.2, -0.15) is 0 Å². The SMILES string of the molecule is Cc1cc(/C=C/C(=O)OCC(=O)Nc2ncc(Cl)cc2Cl)c(C)n1C1CC1. The molecule has 2 heterocycles. The minimum absolute atomic E-state index is 0.158. The molecule has 1 aliphatic carbocycles. The number of pyridine rings is 1. The van der Waals surface area contributed by atoms with E-state index in [1.807, 2.05) is 13.0 Å². The van der Waals surface area contributed by atoms with Crippen LogP contribution in [-0.2, 0) is 14.3 Å². The third kappa shape index (κ3) is 4.90. The molecule has 8 heteroatoms. The minimum Gasteiger partial charge on any atom is -0.452 e. The number of esters is 1. The van der Waals surface area contributed by atoms with Gasteiger partial charge < -0.3 is 14.6 Å². The molecular formula is C19H19Cl2N3O3. The molecule has 0 saturated heterocycles. The van der Waals surface area contributed by atoms with Crippen LogP contribution in [0.3, 0.4) is 0 Å². The lowest BCUT2D eigenvalue weighted by molar-refractivity contribution is -0.142. The molecule has 1 aliphatic rings. The summed E-state index contributed by atoms with van der Waals surface area (Å²) in [4.78, 5) is 27.7. The average Bonchev–Trinajstić information content (AvgIpc) is 3.39. The summed E-state index contributed by atoms with van der Waals surface area (Å²) in [5.41, 5.74) is 3.27. The Labute approximate surface area is 167 Å². The van der Waals surface area contributed by atoms with Gasteiger partial charge in [-0.1, -0.05) is 23.2 Å². The molecule has 0 atom stereocenters. The average molecular weight is 408 g/mol. The molecule has 1 fully saturated rings. The highest BCUT2D eigenvalue weighted by molar-refractivity contribution is 6.36. The summed E-state index contributed by atoms with van der Waals surface area (Å²) in [5, 5.41) is 3.02. The zero-order chi connectivity index (χ0) is 19.6. The second kappa shape index (κ2) is 8.15. The van der Waals surface area contributed by atoms with E-state index in [1.54, 1.807) is 6.08 Å². The van der Waals surface area contributed by atoms with Gasteiger partial charge in [-0.05, 0) is 50.5 Å². The number of ether oxygens (including phenoxy) is 1. The maximum Gasteiger partial charge on any atom is 0.331 e. The largest absolute Gasteiger partial charge is 0.452 e. The van der Waals surface area contributed by atoms with Crippen LogP contribution in [0.4, 0.5) is 5.82 Å². The predicted octanol–water partition coefficient (Wildman–Crippen LogP) is 4.34. The number of nitrogens with one attached hydrogen (secondary N) is 1. The van der Waals surface area contributed by atoms with Crippen molar-refractivity contribution in [1.29, 1.82) is 0 Å². The molecule has 142 valence electrons. The third-order valence-electron chi connectivity index (χ3n) is 4.25. The van der Waals surface area contributed by atoms with Crippen molar-refractivity contribution in [3.63, 3.8) is 0 Å². The van der Waals surface area contributed by atoms with E-state index in [-0.39, 0.29) is 10.8 Å². The van der Waals surface area contributed by atoms with Crippen molar-refractivity contribution < 1.29 is 14.3 Å². The Hall–Kier alpha value is -2.31. The fourth-order valence-electron chi connectivity index (χ4n) is 2.88. The van der Waals surface area contributed by atoms with E-state index >= 15 is 0 Å². The fourth-order valence-corrected chi connectivity index (χ4v) is 3.31. The normalized spacial score (nSPS) is 13.8. The molecule has 27 heavy (non-hydrogen) atoms. The maximum atomic E-state index is 11.9. The van der Waals surface area contributed by atoms with E-state index in [0.717, 1.165) is 11.3 Å². The zero-order valence-corrected chi connectivity index (χ0v) is 16.5. The first-order chi connectivity index (χ1) is 12.8. The second-order valence-corrected chi connectivity index (χ2v) is 7.24. The Bertz CT molecular complexity index is 917. The van der Waals surface area contributed by atoms with Crippen LogP contribution in [0.1, 0.15) is 35.8 Å².